The van der Waals surface area contributed by atoms with E-state index in [4.69, 9.17) is 14.6 Å². The van der Waals surface area contributed by atoms with Gasteiger partial charge in [-0.3, -0.25) is 0 Å². The summed E-state index contributed by atoms with van der Waals surface area (Å²) in [6, 6.07) is 8.14. The second-order valence-electron chi connectivity index (χ2n) is 4.02. The Labute approximate surface area is 103 Å². The maximum absolute atomic E-state index is 8.63. The first-order chi connectivity index (χ1) is 8.36. The summed E-state index contributed by atoms with van der Waals surface area (Å²) >= 11 is 0. The van der Waals surface area contributed by atoms with E-state index in [9.17, 15) is 0 Å². The maximum atomic E-state index is 8.63. The Balaban J connectivity index is 2.20. The average molecular weight is 238 g/mol. The van der Waals surface area contributed by atoms with E-state index in [0.29, 0.717) is 0 Å². The van der Waals surface area contributed by atoms with Gasteiger partial charge in [0.05, 0.1) is 13.2 Å². The highest BCUT2D eigenvalue weighted by Crippen LogP contribution is 2.13. The van der Waals surface area contributed by atoms with Crippen LogP contribution in [0.15, 0.2) is 24.3 Å². The molecule has 0 aliphatic heterocycles. The highest BCUT2D eigenvalue weighted by Gasteiger charge is 1.96. The van der Waals surface area contributed by atoms with Crippen LogP contribution in [0.5, 0.6) is 5.75 Å². The van der Waals surface area contributed by atoms with Gasteiger partial charge in [-0.25, -0.2) is 0 Å². The zero-order valence-corrected chi connectivity index (χ0v) is 10.5. The SMILES string of the molecule is COCCc1ccc(OCCCCCO)cc1. The lowest BCUT2D eigenvalue weighted by molar-refractivity contribution is 0.202. The largest absolute Gasteiger partial charge is 0.494 e. The van der Waals surface area contributed by atoms with Gasteiger partial charge >= 0.3 is 0 Å². The monoisotopic (exact) mass is 238 g/mol. The van der Waals surface area contributed by atoms with Gasteiger partial charge < -0.3 is 14.6 Å². The summed E-state index contributed by atoms with van der Waals surface area (Å²) in [6.07, 6.45) is 3.81. The minimum absolute atomic E-state index is 0.272. The summed E-state index contributed by atoms with van der Waals surface area (Å²) in [5.41, 5.74) is 1.26. The van der Waals surface area contributed by atoms with Crippen LogP contribution in [0.2, 0.25) is 0 Å². The molecule has 17 heavy (non-hydrogen) atoms. The van der Waals surface area contributed by atoms with Crippen molar-refractivity contribution >= 4 is 0 Å². The predicted octanol–water partition coefficient (Wildman–Crippen LogP) is 2.42. The number of methoxy groups -OCH3 is 1. The molecule has 0 amide bonds. The van der Waals surface area contributed by atoms with E-state index in [1.54, 1.807) is 7.11 Å². The molecule has 0 bridgehead atoms. The maximum Gasteiger partial charge on any atom is 0.119 e. The zero-order valence-electron chi connectivity index (χ0n) is 10.5. The first-order valence-corrected chi connectivity index (χ1v) is 6.18. The van der Waals surface area contributed by atoms with Crippen molar-refractivity contribution in [1.29, 1.82) is 0 Å². The molecule has 1 rings (SSSR count). The molecule has 1 aromatic carbocycles. The smallest absolute Gasteiger partial charge is 0.119 e. The first-order valence-electron chi connectivity index (χ1n) is 6.18. The van der Waals surface area contributed by atoms with E-state index in [1.165, 1.54) is 5.56 Å². The highest BCUT2D eigenvalue weighted by molar-refractivity contribution is 5.27. The van der Waals surface area contributed by atoms with E-state index in [-0.39, 0.29) is 6.61 Å². The van der Waals surface area contributed by atoms with Crippen LogP contribution < -0.4 is 4.74 Å². The Morgan fingerprint density at radius 1 is 1.00 bits per heavy atom. The molecular formula is C14H22O3. The molecule has 3 heteroatoms. The quantitative estimate of drug-likeness (QED) is 0.671. The minimum atomic E-state index is 0.272. The van der Waals surface area contributed by atoms with Crippen LogP contribution in [-0.4, -0.2) is 32.0 Å². The Kier molecular flexibility index (Phi) is 7.43. The lowest BCUT2D eigenvalue weighted by Gasteiger charge is -2.07. The van der Waals surface area contributed by atoms with Gasteiger partial charge in [-0.2, -0.15) is 0 Å². The van der Waals surface area contributed by atoms with E-state index < -0.39 is 0 Å². The van der Waals surface area contributed by atoms with Gasteiger partial charge in [-0.15, -0.1) is 0 Å². The molecule has 0 unspecified atom stereocenters. The molecule has 0 heterocycles. The van der Waals surface area contributed by atoms with Gasteiger partial charge in [0.15, 0.2) is 0 Å². The first kappa shape index (κ1) is 14.0. The summed E-state index contributed by atoms with van der Waals surface area (Å²) < 4.78 is 10.6. The topological polar surface area (TPSA) is 38.7 Å². The van der Waals surface area contributed by atoms with Gasteiger partial charge in [0.25, 0.3) is 0 Å². The molecule has 1 aromatic rings. The van der Waals surface area contributed by atoms with Crippen molar-refractivity contribution in [2.75, 3.05) is 26.9 Å². The zero-order chi connectivity index (χ0) is 12.3. The van der Waals surface area contributed by atoms with Crippen molar-refractivity contribution in [2.45, 2.75) is 25.7 Å². The lowest BCUT2D eigenvalue weighted by atomic mass is 10.1. The number of benzene rings is 1. The van der Waals surface area contributed by atoms with Crippen molar-refractivity contribution in [1.82, 2.24) is 0 Å². The fourth-order valence-electron chi connectivity index (χ4n) is 1.55. The number of hydrogen-bond acceptors (Lipinski definition) is 3. The van der Waals surface area contributed by atoms with E-state index in [1.807, 2.05) is 12.1 Å². The van der Waals surface area contributed by atoms with Crippen LogP contribution in [0.1, 0.15) is 24.8 Å². The molecule has 1 N–H and O–H groups in total. The number of unbranched alkanes of at least 4 members (excludes halogenated alkanes) is 2. The molecule has 96 valence electrons. The third-order valence-corrected chi connectivity index (χ3v) is 2.59. The molecular weight excluding hydrogens is 216 g/mol. The van der Waals surface area contributed by atoms with Crippen molar-refractivity contribution < 1.29 is 14.6 Å². The average Bonchev–Trinajstić information content (AvgIpc) is 2.37. The Morgan fingerprint density at radius 2 is 1.76 bits per heavy atom. The Morgan fingerprint density at radius 3 is 2.41 bits per heavy atom. The predicted molar refractivity (Wildman–Crippen MR) is 68.5 cm³/mol. The second kappa shape index (κ2) is 9.02. The Bertz CT molecular complexity index is 282. The molecule has 3 nitrogen and oxygen atoms in total. The summed E-state index contributed by atoms with van der Waals surface area (Å²) in [6.45, 7) is 1.74. The number of aliphatic hydroxyl groups excluding tert-OH is 1. The van der Waals surface area contributed by atoms with Gasteiger partial charge in [-0.1, -0.05) is 12.1 Å². The summed E-state index contributed by atoms with van der Waals surface area (Å²) in [5.74, 6) is 0.912. The number of rotatable bonds is 9. The third kappa shape index (κ3) is 6.29. The van der Waals surface area contributed by atoms with Crippen LogP contribution in [0.4, 0.5) is 0 Å². The standard InChI is InChI=1S/C14H22O3/c1-16-12-9-13-5-7-14(8-6-13)17-11-4-2-3-10-15/h5-8,15H,2-4,9-12H2,1H3. The van der Waals surface area contributed by atoms with E-state index in [0.717, 1.165) is 44.6 Å². The molecule has 0 fully saturated rings. The van der Waals surface area contributed by atoms with E-state index in [2.05, 4.69) is 12.1 Å². The molecule has 0 saturated carbocycles. The van der Waals surface area contributed by atoms with Gasteiger partial charge in [0.2, 0.25) is 0 Å². The highest BCUT2D eigenvalue weighted by atomic mass is 16.5. The van der Waals surface area contributed by atoms with Crippen molar-refractivity contribution in [3.05, 3.63) is 29.8 Å². The molecule has 0 radical (unpaired) electrons. The number of aliphatic hydroxyl groups is 1. The molecule has 0 saturated heterocycles. The van der Waals surface area contributed by atoms with Crippen LogP contribution in [0.3, 0.4) is 0 Å². The summed E-state index contributed by atoms with van der Waals surface area (Å²) in [7, 11) is 1.71. The van der Waals surface area contributed by atoms with E-state index >= 15 is 0 Å². The number of ether oxygens (including phenoxy) is 2. The van der Waals surface area contributed by atoms with Crippen molar-refractivity contribution in [2.24, 2.45) is 0 Å². The minimum Gasteiger partial charge on any atom is -0.494 e. The van der Waals surface area contributed by atoms with Crippen molar-refractivity contribution in [3.8, 4) is 5.75 Å². The fraction of sp³-hybridized carbons (Fsp3) is 0.571. The third-order valence-electron chi connectivity index (χ3n) is 2.59. The second-order valence-corrected chi connectivity index (χ2v) is 4.02. The van der Waals surface area contributed by atoms with Gasteiger partial charge in [0, 0.05) is 13.7 Å². The fourth-order valence-corrected chi connectivity index (χ4v) is 1.55. The molecule has 0 spiro atoms. The molecule has 0 atom stereocenters. The summed E-state index contributed by atoms with van der Waals surface area (Å²) in [4.78, 5) is 0. The van der Waals surface area contributed by atoms with Crippen molar-refractivity contribution in [3.63, 3.8) is 0 Å². The lowest BCUT2D eigenvalue weighted by Crippen LogP contribution is -1.98. The molecule has 0 aliphatic carbocycles. The normalized spacial score (nSPS) is 10.5. The Hall–Kier alpha value is -1.06. The van der Waals surface area contributed by atoms with Crippen LogP contribution >= 0.6 is 0 Å². The van der Waals surface area contributed by atoms with Gasteiger partial charge in [0.1, 0.15) is 5.75 Å². The van der Waals surface area contributed by atoms with Crippen LogP contribution in [0.25, 0.3) is 0 Å². The molecule has 0 aromatic heterocycles. The van der Waals surface area contributed by atoms with Crippen LogP contribution in [-0.2, 0) is 11.2 Å². The number of hydrogen-bond donors (Lipinski definition) is 1. The van der Waals surface area contributed by atoms with Crippen LogP contribution in [0, 0.1) is 0 Å². The molecule has 0 aliphatic rings. The summed E-state index contributed by atoms with van der Waals surface area (Å²) in [5, 5.41) is 8.63. The van der Waals surface area contributed by atoms with Gasteiger partial charge in [-0.05, 0) is 43.4 Å².